The zero-order chi connectivity index (χ0) is 12.8. The average molecular weight is 255 g/mol. The predicted octanol–water partition coefficient (Wildman–Crippen LogP) is -0.0330. The number of hydrogen-bond acceptors (Lipinski definition) is 4. The van der Waals surface area contributed by atoms with Crippen LogP contribution in [0.3, 0.4) is 0 Å². The van der Waals surface area contributed by atoms with Crippen LogP contribution in [0.4, 0.5) is 0 Å². The Balaban J connectivity index is 1.58. The van der Waals surface area contributed by atoms with E-state index in [0.717, 1.165) is 65.2 Å². The van der Waals surface area contributed by atoms with Crippen molar-refractivity contribution < 1.29 is 9.53 Å². The minimum atomic E-state index is -0.334. The molecule has 0 bridgehead atoms. The van der Waals surface area contributed by atoms with Gasteiger partial charge in [0.2, 0.25) is 5.91 Å². The number of rotatable bonds is 5. The highest BCUT2D eigenvalue weighted by molar-refractivity contribution is 5.86. The summed E-state index contributed by atoms with van der Waals surface area (Å²) >= 11 is 0. The zero-order valence-corrected chi connectivity index (χ0v) is 11.3. The van der Waals surface area contributed by atoms with E-state index in [1.807, 2.05) is 6.92 Å². The van der Waals surface area contributed by atoms with Crippen molar-refractivity contribution in [1.82, 2.24) is 15.5 Å². The summed E-state index contributed by atoms with van der Waals surface area (Å²) in [5, 5.41) is 6.33. The monoisotopic (exact) mass is 255 g/mol. The molecule has 0 aromatic rings. The van der Waals surface area contributed by atoms with Crippen molar-refractivity contribution in [3.63, 3.8) is 0 Å². The Morgan fingerprint density at radius 1 is 1.44 bits per heavy atom. The smallest absolute Gasteiger partial charge is 0.240 e. The van der Waals surface area contributed by atoms with Gasteiger partial charge in [0.05, 0.1) is 18.8 Å². The Hall–Kier alpha value is -0.650. The molecule has 0 saturated carbocycles. The minimum Gasteiger partial charge on any atom is -0.379 e. The number of nitrogens with zero attached hydrogens (tertiary/aromatic N) is 1. The summed E-state index contributed by atoms with van der Waals surface area (Å²) in [4.78, 5) is 14.4. The molecule has 1 amide bonds. The van der Waals surface area contributed by atoms with Gasteiger partial charge in [-0.2, -0.15) is 0 Å². The van der Waals surface area contributed by atoms with Crippen molar-refractivity contribution >= 4 is 5.91 Å². The number of amides is 1. The third-order valence-corrected chi connectivity index (χ3v) is 3.91. The Morgan fingerprint density at radius 3 is 2.89 bits per heavy atom. The predicted molar refractivity (Wildman–Crippen MR) is 70.5 cm³/mol. The van der Waals surface area contributed by atoms with Crippen molar-refractivity contribution in [1.29, 1.82) is 0 Å². The SMILES string of the molecule is CC1(C(=O)NCCCN2CCOCC2)CCCN1. The van der Waals surface area contributed by atoms with Crippen LogP contribution in [0.1, 0.15) is 26.2 Å². The fourth-order valence-corrected chi connectivity index (χ4v) is 2.61. The van der Waals surface area contributed by atoms with Crippen molar-refractivity contribution in [3.05, 3.63) is 0 Å². The third kappa shape index (κ3) is 3.67. The van der Waals surface area contributed by atoms with E-state index in [0.29, 0.717) is 0 Å². The van der Waals surface area contributed by atoms with Gasteiger partial charge in [0, 0.05) is 19.6 Å². The summed E-state index contributed by atoms with van der Waals surface area (Å²) in [5.74, 6) is 0.155. The molecule has 0 aromatic heterocycles. The summed E-state index contributed by atoms with van der Waals surface area (Å²) in [6.45, 7) is 8.50. The van der Waals surface area contributed by atoms with Crippen LogP contribution in [0, 0.1) is 0 Å². The van der Waals surface area contributed by atoms with E-state index in [2.05, 4.69) is 15.5 Å². The highest BCUT2D eigenvalue weighted by Gasteiger charge is 2.35. The number of carbonyl (C=O) groups is 1. The van der Waals surface area contributed by atoms with Crippen molar-refractivity contribution in [2.75, 3.05) is 45.9 Å². The van der Waals surface area contributed by atoms with Gasteiger partial charge in [0.25, 0.3) is 0 Å². The largest absolute Gasteiger partial charge is 0.379 e. The molecule has 1 unspecified atom stereocenters. The maximum atomic E-state index is 12.0. The molecule has 2 saturated heterocycles. The van der Waals surface area contributed by atoms with Crippen LogP contribution in [0.25, 0.3) is 0 Å². The van der Waals surface area contributed by atoms with E-state index in [9.17, 15) is 4.79 Å². The Morgan fingerprint density at radius 2 is 2.22 bits per heavy atom. The lowest BCUT2D eigenvalue weighted by Gasteiger charge is -2.27. The van der Waals surface area contributed by atoms with Crippen LogP contribution < -0.4 is 10.6 Å². The Labute approximate surface area is 109 Å². The molecule has 104 valence electrons. The lowest BCUT2D eigenvalue weighted by Crippen LogP contribution is -2.51. The first-order valence-corrected chi connectivity index (χ1v) is 7.04. The first-order valence-electron chi connectivity index (χ1n) is 7.04. The molecule has 2 fully saturated rings. The molecule has 0 radical (unpaired) electrons. The quantitative estimate of drug-likeness (QED) is 0.677. The highest BCUT2D eigenvalue weighted by atomic mass is 16.5. The molecule has 2 aliphatic heterocycles. The van der Waals surface area contributed by atoms with E-state index in [4.69, 9.17) is 4.74 Å². The fraction of sp³-hybridized carbons (Fsp3) is 0.923. The first-order chi connectivity index (χ1) is 8.71. The summed E-state index contributed by atoms with van der Waals surface area (Å²) in [6, 6.07) is 0. The van der Waals surface area contributed by atoms with Gasteiger partial charge in [-0.15, -0.1) is 0 Å². The molecule has 18 heavy (non-hydrogen) atoms. The van der Waals surface area contributed by atoms with Crippen LogP contribution in [0.15, 0.2) is 0 Å². The van der Waals surface area contributed by atoms with Gasteiger partial charge in [-0.05, 0) is 39.3 Å². The van der Waals surface area contributed by atoms with Crippen LogP contribution >= 0.6 is 0 Å². The second-order valence-corrected chi connectivity index (χ2v) is 5.43. The summed E-state index contributed by atoms with van der Waals surface area (Å²) < 4.78 is 5.31. The lowest BCUT2D eigenvalue weighted by atomic mass is 9.99. The fourth-order valence-electron chi connectivity index (χ4n) is 2.61. The molecule has 2 aliphatic rings. The standard InChI is InChI=1S/C13H25N3O2/c1-13(4-2-6-15-13)12(17)14-5-3-7-16-8-10-18-11-9-16/h15H,2-11H2,1H3,(H,14,17). The Kier molecular flexibility index (Phi) is 4.97. The third-order valence-electron chi connectivity index (χ3n) is 3.91. The topological polar surface area (TPSA) is 53.6 Å². The van der Waals surface area contributed by atoms with E-state index >= 15 is 0 Å². The van der Waals surface area contributed by atoms with E-state index in [1.54, 1.807) is 0 Å². The molecule has 0 aliphatic carbocycles. The molecule has 0 spiro atoms. The molecule has 2 heterocycles. The van der Waals surface area contributed by atoms with Crippen LogP contribution in [0.2, 0.25) is 0 Å². The zero-order valence-electron chi connectivity index (χ0n) is 11.3. The number of ether oxygens (including phenoxy) is 1. The van der Waals surface area contributed by atoms with Crippen molar-refractivity contribution in [3.8, 4) is 0 Å². The molecule has 0 aromatic carbocycles. The van der Waals surface area contributed by atoms with Gasteiger partial charge < -0.3 is 15.4 Å². The van der Waals surface area contributed by atoms with Crippen molar-refractivity contribution in [2.24, 2.45) is 0 Å². The van der Waals surface area contributed by atoms with Gasteiger partial charge in [-0.3, -0.25) is 9.69 Å². The summed E-state index contributed by atoms with van der Waals surface area (Å²) in [5.41, 5.74) is -0.334. The van der Waals surface area contributed by atoms with Gasteiger partial charge in [-0.1, -0.05) is 0 Å². The van der Waals surface area contributed by atoms with Crippen LogP contribution in [-0.4, -0.2) is 62.3 Å². The Bertz CT molecular complexity index is 271. The molecule has 5 nitrogen and oxygen atoms in total. The maximum Gasteiger partial charge on any atom is 0.240 e. The van der Waals surface area contributed by atoms with Crippen LogP contribution in [-0.2, 0) is 9.53 Å². The van der Waals surface area contributed by atoms with E-state index in [1.165, 1.54) is 0 Å². The lowest BCUT2D eigenvalue weighted by molar-refractivity contribution is -0.126. The number of morpholine rings is 1. The minimum absolute atomic E-state index is 0.155. The second kappa shape index (κ2) is 6.50. The van der Waals surface area contributed by atoms with Gasteiger partial charge in [0.1, 0.15) is 0 Å². The molecule has 5 heteroatoms. The maximum absolute atomic E-state index is 12.0. The van der Waals surface area contributed by atoms with E-state index in [-0.39, 0.29) is 11.4 Å². The van der Waals surface area contributed by atoms with Gasteiger partial charge in [-0.25, -0.2) is 0 Å². The molecule has 1 atom stereocenters. The second-order valence-electron chi connectivity index (χ2n) is 5.43. The highest BCUT2D eigenvalue weighted by Crippen LogP contribution is 2.18. The molecular formula is C13H25N3O2. The molecule has 2 N–H and O–H groups in total. The number of carbonyl (C=O) groups excluding carboxylic acids is 1. The van der Waals surface area contributed by atoms with Crippen molar-refractivity contribution in [2.45, 2.75) is 31.7 Å². The van der Waals surface area contributed by atoms with Crippen LogP contribution in [0.5, 0.6) is 0 Å². The molecular weight excluding hydrogens is 230 g/mol. The average Bonchev–Trinajstić information content (AvgIpc) is 2.84. The summed E-state index contributed by atoms with van der Waals surface area (Å²) in [6.07, 6.45) is 3.06. The molecule has 2 rings (SSSR count). The number of nitrogens with one attached hydrogen (secondary N) is 2. The number of hydrogen-bond donors (Lipinski definition) is 2. The van der Waals surface area contributed by atoms with Gasteiger partial charge >= 0.3 is 0 Å². The summed E-state index contributed by atoms with van der Waals surface area (Å²) in [7, 11) is 0. The van der Waals surface area contributed by atoms with E-state index < -0.39 is 0 Å². The first kappa shape index (κ1) is 13.8. The normalized spacial score (nSPS) is 29.4. The van der Waals surface area contributed by atoms with Gasteiger partial charge in [0.15, 0.2) is 0 Å².